The Morgan fingerprint density at radius 2 is 1.82 bits per heavy atom. The van der Waals surface area contributed by atoms with Crippen LogP contribution in [0.1, 0.15) is 6.93 Å². The molecule has 0 spiro atoms. The number of hydrogen-bond donors (Lipinski definition) is 0. The summed E-state index contributed by atoms with van der Waals surface area (Å²) in [6.07, 6.45) is 0. The molecule has 2 aromatic carbocycles. The first-order valence-corrected chi connectivity index (χ1v) is 3.67. The maximum Gasteiger partial charge on any atom is 0.0280 e. The van der Waals surface area contributed by atoms with E-state index >= 15 is 0 Å². The van der Waals surface area contributed by atoms with E-state index in [4.69, 9.17) is 1.37 Å². The molecule has 0 atom stereocenters. The minimum atomic E-state index is 0.362. The lowest BCUT2D eigenvalue weighted by Crippen LogP contribution is -1.75. The van der Waals surface area contributed by atoms with E-state index in [-0.39, 0.29) is 0 Å². The molecule has 0 nitrogen and oxygen atoms in total. The summed E-state index contributed by atoms with van der Waals surface area (Å²) in [6.45, 7) is 0.362. The van der Waals surface area contributed by atoms with Crippen molar-refractivity contribution < 1.29 is 1.37 Å². The van der Waals surface area contributed by atoms with Crippen LogP contribution in [-0.2, 0) is 0 Å². The first-order chi connectivity index (χ1) is 5.92. The highest BCUT2D eigenvalue weighted by Crippen LogP contribution is 2.16. The van der Waals surface area contributed by atoms with E-state index in [9.17, 15) is 0 Å². The molecule has 2 aromatic rings. The van der Waals surface area contributed by atoms with Gasteiger partial charge >= 0.3 is 0 Å². The van der Waals surface area contributed by atoms with Gasteiger partial charge in [0.1, 0.15) is 0 Å². The maximum absolute atomic E-state index is 7.33. The fourth-order valence-electron chi connectivity index (χ4n) is 1.29. The zero-order chi connectivity index (χ0) is 8.39. The Balaban J connectivity index is 2.79. The SMILES string of the molecule is [2H]Cc1cccc2ccccc12. The van der Waals surface area contributed by atoms with Gasteiger partial charge < -0.3 is 0 Å². The molecule has 0 aliphatic carbocycles. The van der Waals surface area contributed by atoms with Crippen molar-refractivity contribution in [3.05, 3.63) is 48.0 Å². The second-order valence-corrected chi connectivity index (χ2v) is 2.64. The molecule has 54 valence electrons. The van der Waals surface area contributed by atoms with E-state index in [1.165, 1.54) is 10.8 Å². The smallest absolute Gasteiger partial charge is 0.0280 e. The lowest BCUT2D eigenvalue weighted by atomic mass is 10.1. The van der Waals surface area contributed by atoms with Crippen LogP contribution in [0.5, 0.6) is 0 Å². The Morgan fingerprint density at radius 3 is 2.73 bits per heavy atom. The lowest BCUT2D eigenvalue weighted by molar-refractivity contribution is 1.53. The Kier molecular flexibility index (Phi) is 1.16. The van der Waals surface area contributed by atoms with Gasteiger partial charge in [0.05, 0.1) is 0 Å². The topological polar surface area (TPSA) is 0 Å². The van der Waals surface area contributed by atoms with E-state index in [1.54, 1.807) is 0 Å². The Bertz CT molecular complexity index is 388. The van der Waals surface area contributed by atoms with E-state index in [0.717, 1.165) is 5.56 Å². The minimum Gasteiger partial charge on any atom is -0.0616 e. The number of aryl methyl sites for hydroxylation is 1. The molecule has 0 fully saturated rings. The van der Waals surface area contributed by atoms with Gasteiger partial charge in [-0.1, -0.05) is 42.5 Å². The van der Waals surface area contributed by atoms with Gasteiger partial charge in [-0.05, 0) is 23.2 Å². The second kappa shape index (κ2) is 2.39. The molecule has 0 aliphatic heterocycles. The Labute approximate surface area is 67.9 Å². The van der Waals surface area contributed by atoms with Crippen molar-refractivity contribution in [3.8, 4) is 0 Å². The van der Waals surface area contributed by atoms with E-state index in [2.05, 4.69) is 18.2 Å². The third kappa shape index (κ3) is 1.01. The molecule has 0 saturated heterocycles. The Hall–Kier alpha value is -1.30. The Morgan fingerprint density at radius 1 is 1.00 bits per heavy atom. The summed E-state index contributed by atoms with van der Waals surface area (Å²) >= 11 is 0. The van der Waals surface area contributed by atoms with Crippen molar-refractivity contribution >= 4 is 10.8 Å². The number of fused-ring (bicyclic) bond motifs is 1. The quantitative estimate of drug-likeness (QED) is 0.531. The highest BCUT2D eigenvalue weighted by atomic mass is 14.0. The van der Waals surface area contributed by atoms with Gasteiger partial charge in [0.2, 0.25) is 0 Å². The summed E-state index contributed by atoms with van der Waals surface area (Å²) in [6, 6.07) is 14.3. The van der Waals surface area contributed by atoms with Crippen LogP contribution in [0, 0.1) is 6.90 Å². The summed E-state index contributed by atoms with van der Waals surface area (Å²) in [5.74, 6) is 0. The fraction of sp³-hybridized carbons (Fsp3) is 0.0909. The number of benzene rings is 2. The van der Waals surface area contributed by atoms with Gasteiger partial charge in [-0.2, -0.15) is 0 Å². The highest BCUT2D eigenvalue weighted by Gasteiger charge is 1.91. The van der Waals surface area contributed by atoms with Gasteiger partial charge in [-0.15, -0.1) is 0 Å². The molecule has 0 radical (unpaired) electrons. The second-order valence-electron chi connectivity index (χ2n) is 2.64. The van der Waals surface area contributed by atoms with Gasteiger partial charge in [-0.25, -0.2) is 0 Å². The summed E-state index contributed by atoms with van der Waals surface area (Å²) in [5, 5.41) is 2.43. The molecule has 11 heavy (non-hydrogen) atoms. The zero-order valence-corrected chi connectivity index (χ0v) is 6.25. The average Bonchev–Trinajstić information content (AvgIpc) is 2.17. The maximum atomic E-state index is 7.33. The van der Waals surface area contributed by atoms with Crippen molar-refractivity contribution in [3.63, 3.8) is 0 Å². The van der Waals surface area contributed by atoms with Crippen LogP contribution < -0.4 is 0 Å². The van der Waals surface area contributed by atoms with Crippen LogP contribution in [0.4, 0.5) is 0 Å². The first-order valence-electron chi connectivity index (χ1n) is 4.38. The van der Waals surface area contributed by atoms with E-state index in [1.807, 2.05) is 24.3 Å². The predicted molar refractivity (Wildman–Crippen MR) is 48.7 cm³/mol. The van der Waals surface area contributed by atoms with Gasteiger partial charge in [-0.3, -0.25) is 0 Å². The summed E-state index contributed by atoms with van der Waals surface area (Å²) in [4.78, 5) is 0. The predicted octanol–water partition coefficient (Wildman–Crippen LogP) is 3.15. The molecule has 0 saturated carbocycles. The van der Waals surface area contributed by atoms with Crippen LogP contribution in [0.3, 0.4) is 0 Å². The molecule has 0 unspecified atom stereocenters. The molecule has 0 aliphatic rings. The van der Waals surface area contributed by atoms with Gasteiger partial charge in [0, 0.05) is 1.37 Å². The third-order valence-electron chi connectivity index (χ3n) is 1.88. The zero-order valence-electron chi connectivity index (χ0n) is 7.25. The lowest BCUT2D eigenvalue weighted by Gasteiger charge is -1.98. The van der Waals surface area contributed by atoms with E-state index < -0.39 is 0 Å². The molecule has 0 N–H and O–H groups in total. The monoisotopic (exact) mass is 143 g/mol. The standard InChI is InChI=1S/C11H10/c1-9-5-4-7-10-6-2-3-8-11(9)10/h2-8H,1H3/i1D. The van der Waals surface area contributed by atoms with Crippen LogP contribution in [-0.4, -0.2) is 0 Å². The van der Waals surface area contributed by atoms with Crippen molar-refractivity contribution in [1.82, 2.24) is 0 Å². The fourth-order valence-corrected chi connectivity index (χ4v) is 1.29. The summed E-state index contributed by atoms with van der Waals surface area (Å²) in [5.41, 5.74) is 1.10. The highest BCUT2D eigenvalue weighted by molar-refractivity contribution is 5.85. The van der Waals surface area contributed by atoms with Crippen LogP contribution in [0.2, 0.25) is 0 Å². The third-order valence-corrected chi connectivity index (χ3v) is 1.88. The summed E-state index contributed by atoms with van der Waals surface area (Å²) < 4.78 is 7.33. The molecule has 0 heterocycles. The van der Waals surface area contributed by atoms with Crippen LogP contribution in [0.15, 0.2) is 42.5 Å². The van der Waals surface area contributed by atoms with Crippen molar-refractivity contribution in [2.24, 2.45) is 0 Å². The number of hydrogen-bond acceptors (Lipinski definition) is 0. The average molecular weight is 143 g/mol. The molecule has 0 aromatic heterocycles. The van der Waals surface area contributed by atoms with Crippen molar-refractivity contribution in [1.29, 1.82) is 0 Å². The largest absolute Gasteiger partial charge is 0.0616 e. The molecule has 0 heteroatoms. The molecular formula is C11H10. The van der Waals surface area contributed by atoms with Crippen molar-refractivity contribution in [2.75, 3.05) is 0 Å². The summed E-state index contributed by atoms with van der Waals surface area (Å²) in [7, 11) is 0. The van der Waals surface area contributed by atoms with E-state index in [0.29, 0.717) is 6.90 Å². The van der Waals surface area contributed by atoms with Gasteiger partial charge in [0.15, 0.2) is 0 Å². The minimum absolute atomic E-state index is 0.362. The molecular weight excluding hydrogens is 132 g/mol. The van der Waals surface area contributed by atoms with Crippen LogP contribution >= 0.6 is 0 Å². The molecule has 2 rings (SSSR count). The normalized spacial score (nSPS) is 11.5. The number of rotatable bonds is 0. The first kappa shape index (κ1) is 5.36. The molecule has 0 amide bonds. The molecule has 0 bridgehead atoms. The van der Waals surface area contributed by atoms with Crippen LogP contribution in [0.25, 0.3) is 10.8 Å². The van der Waals surface area contributed by atoms with Crippen molar-refractivity contribution in [2.45, 2.75) is 6.90 Å². The van der Waals surface area contributed by atoms with Gasteiger partial charge in [0.25, 0.3) is 0 Å².